The van der Waals surface area contributed by atoms with Crippen LogP contribution < -0.4 is 16.6 Å². The van der Waals surface area contributed by atoms with Gasteiger partial charge in [0, 0.05) is 18.7 Å². The molecular weight excluding hydrogens is 444 g/mol. The van der Waals surface area contributed by atoms with Crippen molar-refractivity contribution in [3.8, 4) is 0 Å². The molecule has 0 radical (unpaired) electrons. The Morgan fingerprint density at radius 3 is 2.33 bits per heavy atom. The summed E-state index contributed by atoms with van der Waals surface area (Å²) in [5, 5.41) is 15.3. The number of non-ortho nitro benzene ring substituents is 1. The summed E-state index contributed by atoms with van der Waals surface area (Å²) in [4.78, 5) is 49.0. The van der Waals surface area contributed by atoms with E-state index in [4.69, 9.17) is 0 Å². The van der Waals surface area contributed by atoms with Crippen LogP contribution in [-0.4, -0.2) is 20.0 Å². The van der Waals surface area contributed by atoms with E-state index in [0.29, 0.717) is 15.8 Å². The molecule has 0 fully saturated rings. The average molecular weight is 465 g/mol. The number of nitrogens with one attached hydrogen (secondary N) is 1. The Hall–Kier alpha value is -4.05. The fourth-order valence-corrected chi connectivity index (χ4v) is 4.28. The predicted molar refractivity (Wildman–Crippen MR) is 126 cm³/mol. The number of thiophene rings is 1. The largest absolute Gasteiger partial charge is 0.350 e. The predicted octanol–water partition coefficient (Wildman–Crippen LogP) is 2.81. The molecule has 0 bridgehead atoms. The fraction of sp³-hybridized carbons (Fsp3) is 0.174. The van der Waals surface area contributed by atoms with Crippen LogP contribution in [0.2, 0.25) is 0 Å². The summed E-state index contributed by atoms with van der Waals surface area (Å²) < 4.78 is 2.69. The number of aromatic nitrogens is 2. The Bertz CT molecular complexity index is 1450. The van der Waals surface area contributed by atoms with Crippen molar-refractivity contribution in [3.05, 3.63) is 108 Å². The van der Waals surface area contributed by atoms with Crippen molar-refractivity contribution in [2.75, 3.05) is 0 Å². The van der Waals surface area contributed by atoms with Gasteiger partial charge in [-0.2, -0.15) is 0 Å². The molecule has 0 aliphatic rings. The molecule has 168 valence electrons. The molecule has 0 spiro atoms. The number of hydrogen-bond donors (Lipinski definition) is 1. The van der Waals surface area contributed by atoms with E-state index in [1.807, 2.05) is 31.2 Å². The number of amides is 1. The number of nitrogens with zero attached hydrogens (tertiary/aromatic N) is 3. The summed E-state index contributed by atoms with van der Waals surface area (Å²) in [6.07, 6.45) is 0. The van der Waals surface area contributed by atoms with Crippen LogP contribution in [-0.2, 0) is 24.4 Å². The highest BCUT2D eigenvalue weighted by Gasteiger charge is 2.17. The van der Waals surface area contributed by atoms with E-state index in [9.17, 15) is 24.5 Å². The fourth-order valence-electron chi connectivity index (χ4n) is 3.44. The number of benzene rings is 2. The molecule has 0 unspecified atom stereocenters. The summed E-state index contributed by atoms with van der Waals surface area (Å²) in [5.74, 6) is -0.451. The third kappa shape index (κ3) is 4.75. The standard InChI is InChI=1S/C23H20N4O5S/c1-15-2-4-16(5-3-15)12-24-20(28)14-26-22(29)21-19(10-11-33-21)25(23(26)30)13-17-6-8-18(9-7-17)27(31)32/h2-11H,12-14H2,1H3,(H,24,28). The normalized spacial score (nSPS) is 10.9. The lowest BCUT2D eigenvalue weighted by Crippen LogP contribution is -2.43. The van der Waals surface area contributed by atoms with Crippen molar-refractivity contribution < 1.29 is 9.72 Å². The summed E-state index contributed by atoms with van der Waals surface area (Å²) in [5.41, 5.74) is 1.95. The minimum atomic E-state index is -0.616. The molecule has 4 rings (SSSR count). The van der Waals surface area contributed by atoms with Crippen LogP contribution in [0.5, 0.6) is 0 Å². The Balaban J connectivity index is 1.61. The highest BCUT2D eigenvalue weighted by molar-refractivity contribution is 7.17. The zero-order valence-electron chi connectivity index (χ0n) is 17.7. The minimum Gasteiger partial charge on any atom is -0.350 e. The number of carbonyl (C=O) groups excluding carboxylic acids is 1. The smallest absolute Gasteiger partial charge is 0.332 e. The Labute approximate surface area is 191 Å². The van der Waals surface area contributed by atoms with Gasteiger partial charge in [-0.1, -0.05) is 42.0 Å². The van der Waals surface area contributed by atoms with Crippen LogP contribution in [0.4, 0.5) is 5.69 Å². The molecular formula is C23H20N4O5S. The Kier molecular flexibility index (Phi) is 6.18. The first-order valence-corrected chi connectivity index (χ1v) is 11.0. The lowest BCUT2D eigenvalue weighted by molar-refractivity contribution is -0.384. The maximum absolute atomic E-state index is 13.2. The van der Waals surface area contributed by atoms with Gasteiger partial charge < -0.3 is 5.32 Å². The van der Waals surface area contributed by atoms with E-state index in [1.165, 1.54) is 28.0 Å². The zero-order valence-corrected chi connectivity index (χ0v) is 18.5. The van der Waals surface area contributed by atoms with Gasteiger partial charge in [0.15, 0.2) is 0 Å². The van der Waals surface area contributed by atoms with Gasteiger partial charge in [-0.05, 0) is 29.5 Å². The summed E-state index contributed by atoms with van der Waals surface area (Å²) >= 11 is 1.19. The van der Waals surface area contributed by atoms with Crippen molar-refractivity contribution in [1.82, 2.24) is 14.5 Å². The minimum absolute atomic E-state index is 0.0537. The SMILES string of the molecule is Cc1ccc(CNC(=O)Cn2c(=O)c3sccc3n(Cc3ccc([N+](=O)[O-])cc3)c2=O)cc1. The Morgan fingerprint density at radius 1 is 1.00 bits per heavy atom. The molecule has 1 amide bonds. The van der Waals surface area contributed by atoms with E-state index >= 15 is 0 Å². The van der Waals surface area contributed by atoms with Crippen LogP contribution in [0.3, 0.4) is 0 Å². The number of rotatable bonds is 7. The first kappa shape index (κ1) is 22.2. The number of fused-ring (bicyclic) bond motifs is 1. The van der Waals surface area contributed by atoms with Crippen molar-refractivity contribution in [2.24, 2.45) is 0 Å². The Morgan fingerprint density at radius 2 is 1.67 bits per heavy atom. The molecule has 2 aromatic carbocycles. The zero-order chi connectivity index (χ0) is 23.5. The van der Waals surface area contributed by atoms with E-state index < -0.39 is 28.6 Å². The second kappa shape index (κ2) is 9.21. The van der Waals surface area contributed by atoms with Crippen molar-refractivity contribution in [2.45, 2.75) is 26.6 Å². The molecule has 10 heteroatoms. The molecule has 0 saturated carbocycles. The van der Waals surface area contributed by atoms with E-state index in [2.05, 4.69) is 5.32 Å². The topological polar surface area (TPSA) is 116 Å². The maximum Gasteiger partial charge on any atom is 0.332 e. The summed E-state index contributed by atoms with van der Waals surface area (Å²) in [6.45, 7) is 1.95. The summed E-state index contributed by atoms with van der Waals surface area (Å²) in [7, 11) is 0. The number of nitro benzene ring substituents is 1. The van der Waals surface area contributed by atoms with Crippen LogP contribution >= 0.6 is 11.3 Å². The van der Waals surface area contributed by atoms with Gasteiger partial charge in [0.05, 0.1) is 17.0 Å². The third-order valence-corrected chi connectivity index (χ3v) is 6.13. The second-order valence-electron chi connectivity index (χ2n) is 7.58. The molecule has 0 atom stereocenters. The molecule has 2 heterocycles. The van der Waals surface area contributed by atoms with Gasteiger partial charge in [0.1, 0.15) is 11.2 Å². The molecule has 1 N–H and O–H groups in total. The number of aryl methyl sites for hydroxylation is 1. The van der Waals surface area contributed by atoms with Gasteiger partial charge >= 0.3 is 5.69 Å². The quantitative estimate of drug-likeness (QED) is 0.333. The highest BCUT2D eigenvalue weighted by atomic mass is 32.1. The third-order valence-electron chi connectivity index (χ3n) is 5.24. The molecule has 9 nitrogen and oxygen atoms in total. The van der Waals surface area contributed by atoms with Gasteiger partial charge in [0.2, 0.25) is 5.91 Å². The van der Waals surface area contributed by atoms with Gasteiger partial charge in [-0.3, -0.25) is 24.3 Å². The molecule has 2 aromatic heterocycles. The van der Waals surface area contributed by atoms with Crippen LogP contribution in [0.25, 0.3) is 10.2 Å². The first-order chi connectivity index (χ1) is 15.8. The average Bonchev–Trinajstić information content (AvgIpc) is 3.29. The van der Waals surface area contributed by atoms with Gasteiger partial charge in [-0.25, -0.2) is 9.36 Å². The molecule has 4 aromatic rings. The lowest BCUT2D eigenvalue weighted by atomic mass is 10.1. The number of nitro groups is 1. The van der Waals surface area contributed by atoms with Gasteiger partial charge in [-0.15, -0.1) is 11.3 Å². The van der Waals surface area contributed by atoms with Gasteiger partial charge in [0.25, 0.3) is 11.2 Å². The molecule has 33 heavy (non-hydrogen) atoms. The van der Waals surface area contributed by atoms with E-state index in [1.54, 1.807) is 23.6 Å². The van der Waals surface area contributed by atoms with Crippen molar-refractivity contribution >= 4 is 33.1 Å². The second-order valence-corrected chi connectivity index (χ2v) is 8.50. The monoisotopic (exact) mass is 464 g/mol. The van der Waals surface area contributed by atoms with Crippen LogP contribution in [0.1, 0.15) is 16.7 Å². The molecule has 0 aliphatic heterocycles. The van der Waals surface area contributed by atoms with E-state index in [0.717, 1.165) is 15.7 Å². The highest BCUT2D eigenvalue weighted by Crippen LogP contribution is 2.18. The number of hydrogen-bond acceptors (Lipinski definition) is 6. The van der Waals surface area contributed by atoms with Crippen molar-refractivity contribution in [3.63, 3.8) is 0 Å². The van der Waals surface area contributed by atoms with Crippen LogP contribution in [0.15, 0.2) is 69.6 Å². The number of carbonyl (C=O) groups is 1. The summed E-state index contributed by atoms with van der Waals surface area (Å²) in [6, 6.07) is 15.2. The van der Waals surface area contributed by atoms with E-state index in [-0.39, 0.29) is 18.8 Å². The molecule has 0 aliphatic carbocycles. The van der Waals surface area contributed by atoms with Crippen LogP contribution in [0, 0.1) is 17.0 Å². The maximum atomic E-state index is 13.2. The van der Waals surface area contributed by atoms with Crippen molar-refractivity contribution in [1.29, 1.82) is 0 Å². The lowest BCUT2D eigenvalue weighted by Gasteiger charge is -2.12. The molecule has 0 saturated heterocycles. The first-order valence-electron chi connectivity index (χ1n) is 10.1.